The normalized spacial score (nSPS) is 22.8. The number of nitrogens with one attached hydrogen (secondary N) is 1. The number of carbonyl (C=O) groups is 2. The molecule has 136 valence electrons. The number of phenolic OH excluding ortho intramolecular Hbond substituents is 1. The number of carbonyl (C=O) groups excluding carboxylic acids is 2. The SMILES string of the molecule is NC(c1cc(Cl)c(Cl)cc1O)C1CCN(C(=O)C2CNC(=O)C2)CC1. The summed E-state index contributed by atoms with van der Waals surface area (Å²) < 4.78 is 0. The fraction of sp³-hybridized carbons (Fsp3) is 0.529. The summed E-state index contributed by atoms with van der Waals surface area (Å²) in [5, 5.41) is 13.4. The van der Waals surface area contributed by atoms with Gasteiger partial charge in [0, 0.05) is 43.7 Å². The van der Waals surface area contributed by atoms with Crippen LogP contribution in [0.25, 0.3) is 0 Å². The van der Waals surface area contributed by atoms with Crippen molar-refractivity contribution in [1.29, 1.82) is 0 Å². The topological polar surface area (TPSA) is 95.7 Å². The number of phenols is 1. The molecule has 0 saturated carbocycles. The molecule has 1 aromatic rings. The predicted molar refractivity (Wildman–Crippen MR) is 95.5 cm³/mol. The van der Waals surface area contributed by atoms with E-state index in [2.05, 4.69) is 5.32 Å². The zero-order valence-electron chi connectivity index (χ0n) is 13.7. The first-order valence-electron chi connectivity index (χ1n) is 8.35. The highest BCUT2D eigenvalue weighted by atomic mass is 35.5. The molecule has 3 rings (SSSR count). The second kappa shape index (κ2) is 7.40. The lowest BCUT2D eigenvalue weighted by Crippen LogP contribution is -2.44. The zero-order valence-corrected chi connectivity index (χ0v) is 15.2. The standard InChI is InChI=1S/C17H21Cl2N3O3/c18-12-6-11(14(23)7-13(12)19)16(20)9-1-3-22(4-2-9)17(25)10-5-15(24)21-8-10/h6-7,9-10,16,23H,1-5,8,20H2,(H,21,24). The molecule has 4 N–H and O–H groups in total. The smallest absolute Gasteiger partial charge is 0.227 e. The van der Waals surface area contributed by atoms with Crippen molar-refractivity contribution in [3.8, 4) is 5.75 Å². The number of aromatic hydroxyl groups is 1. The molecule has 0 bridgehead atoms. The van der Waals surface area contributed by atoms with E-state index in [9.17, 15) is 14.7 Å². The van der Waals surface area contributed by atoms with Crippen molar-refractivity contribution in [3.05, 3.63) is 27.7 Å². The minimum atomic E-state index is -0.373. The second-order valence-electron chi connectivity index (χ2n) is 6.72. The molecule has 2 amide bonds. The van der Waals surface area contributed by atoms with E-state index >= 15 is 0 Å². The largest absolute Gasteiger partial charge is 0.508 e. The fourth-order valence-electron chi connectivity index (χ4n) is 3.59. The van der Waals surface area contributed by atoms with Crippen LogP contribution in [-0.2, 0) is 9.59 Å². The molecule has 0 aromatic heterocycles. The molecule has 2 saturated heterocycles. The van der Waals surface area contributed by atoms with E-state index in [1.807, 2.05) is 4.90 Å². The molecule has 25 heavy (non-hydrogen) atoms. The highest BCUT2D eigenvalue weighted by molar-refractivity contribution is 6.42. The maximum absolute atomic E-state index is 12.5. The molecule has 2 aliphatic rings. The zero-order chi connectivity index (χ0) is 18.1. The van der Waals surface area contributed by atoms with Crippen molar-refractivity contribution >= 4 is 35.0 Å². The van der Waals surface area contributed by atoms with Gasteiger partial charge in [-0.1, -0.05) is 23.2 Å². The number of amides is 2. The van der Waals surface area contributed by atoms with Gasteiger partial charge < -0.3 is 21.1 Å². The third kappa shape index (κ3) is 3.86. The van der Waals surface area contributed by atoms with Crippen LogP contribution < -0.4 is 11.1 Å². The Hall–Kier alpha value is -1.50. The molecule has 6 nitrogen and oxygen atoms in total. The number of likely N-dealkylation sites (tertiary alicyclic amines) is 1. The summed E-state index contributed by atoms with van der Waals surface area (Å²) in [6.45, 7) is 1.63. The van der Waals surface area contributed by atoms with Gasteiger partial charge in [-0.2, -0.15) is 0 Å². The molecular weight excluding hydrogens is 365 g/mol. The van der Waals surface area contributed by atoms with E-state index in [1.165, 1.54) is 6.07 Å². The Labute approximate surface area is 156 Å². The summed E-state index contributed by atoms with van der Waals surface area (Å²) in [6.07, 6.45) is 1.75. The van der Waals surface area contributed by atoms with Gasteiger partial charge in [0.1, 0.15) is 5.75 Å². The molecule has 0 spiro atoms. The summed E-state index contributed by atoms with van der Waals surface area (Å²) in [5.41, 5.74) is 6.91. The Kier molecular flexibility index (Phi) is 5.41. The second-order valence-corrected chi connectivity index (χ2v) is 7.53. The molecule has 2 fully saturated rings. The summed E-state index contributed by atoms with van der Waals surface area (Å²) >= 11 is 11.9. The van der Waals surface area contributed by atoms with Crippen LogP contribution in [0.4, 0.5) is 0 Å². The van der Waals surface area contributed by atoms with Crippen LogP contribution in [0.3, 0.4) is 0 Å². The van der Waals surface area contributed by atoms with E-state index in [-0.39, 0.29) is 46.9 Å². The fourth-order valence-corrected chi connectivity index (χ4v) is 3.92. The first kappa shape index (κ1) is 18.3. The van der Waals surface area contributed by atoms with Crippen LogP contribution in [0.15, 0.2) is 12.1 Å². The van der Waals surface area contributed by atoms with Crippen LogP contribution in [0, 0.1) is 11.8 Å². The molecule has 2 aliphatic heterocycles. The van der Waals surface area contributed by atoms with Crippen molar-refractivity contribution in [2.24, 2.45) is 17.6 Å². The number of nitrogens with zero attached hydrogens (tertiary/aromatic N) is 1. The maximum atomic E-state index is 12.5. The van der Waals surface area contributed by atoms with E-state index in [1.54, 1.807) is 6.07 Å². The highest BCUT2D eigenvalue weighted by Gasteiger charge is 2.34. The summed E-state index contributed by atoms with van der Waals surface area (Å²) in [5.74, 6) is -0.114. The van der Waals surface area contributed by atoms with E-state index in [0.717, 1.165) is 12.8 Å². The van der Waals surface area contributed by atoms with Gasteiger partial charge in [-0.05, 0) is 24.8 Å². The summed E-state index contributed by atoms with van der Waals surface area (Å²) in [4.78, 5) is 25.5. The molecule has 2 unspecified atom stereocenters. The first-order chi connectivity index (χ1) is 11.9. The highest BCUT2D eigenvalue weighted by Crippen LogP contribution is 2.38. The van der Waals surface area contributed by atoms with Gasteiger partial charge in [-0.3, -0.25) is 9.59 Å². The minimum absolute atomic E-state index is 0.0303. The number of benzene rings is 1. The average Bonchev–Trinajstić information content (AvgIpc) is 3.03. The Morgan fingerprint density at radius 2 is 1.92 bits per heavy atom. The van der Waals surface area contributed by atoms with Crippen LogP contribution in [0.2, 0.25) is 10.0 Å². The lowest BCUT2D eigenvalue weighted by atomic mass is 9.85. The maximum Gasteiger partial charge on any atom is 0.227 e. The van der Waals surface area contributed by atoms with Crippen molar-refractivity contribution in [3.63, 3.8) is 0 Å². The Morgan fingerprint density at radius 1 is 1.28 bits per heavy atom. The first-order valence-corrected chi connectivity index (χ1v) is 9.11. The van der Waals surface area contributed by atoms with Gasteiger partial charge in [0.05, 0.1) is 16.0 Å². The number of rotatable bonds is 3. The van der Waals surface area contributed by atoms with Crippen LogP contribution in [0.5, 0.6) is 5.75 Å². The third-order valence-corrected chi connectivity index (χ3v) is 5.84. The van der Waals surface area contributed by atoms with Gasteiger partial charge in [0.2, 0.25) is 11.8 Å². The Morgan fingerprint density at radius 3 is 2.52 bits per heavy atom. The van der Waals surface area contributed by atoms with Gasteiger partial charge in [0.25, 0.3) is 0 Å². The Balaban J connectivity index is 1.61. The number of hydrogen-bond acceptors (Lipinski definition) is 4. The average molecular weight is 386 g/mol. The van der Waals surface area contributed by atoms with Gasteiger partial charge in [-0.25, -0.2) is 0 Å². The van der Waals surface area contributed by atoms with Crippen molar-refractivity contribution in [1.82, 2.24) is 10.2 Å². The number of halogens is 2. The molecule has 8 heteroatoms. The van der Waals surface area contributed by atoms with Crippen molar-refractivity contribution < 1.29 is 14.7 Å². The van der Waals surface area contributed by atoms with Gasteiger partial charge in [0.15, 0.2) is 0 Å². The Bertz CT molecular complexity index is 690. The summed E-state index contributed by atoms with van der Waals surface area (Å²) in [6, 6.07) is 2.64. The lowest BCUT2D eigenvalue weighted by molar-refractivity contribution is -0.137. The summed E-state index contributed by atoms with van der Waals surface area (Å²) in [7, 11) is 0. The predicted octanol–water partition coefficient (Wildman–Crippen LogP) is 2.07. The van der Waals surface area contributed by atoms with Crippen molar-refractivity contribution in [2.45, 2.75) is 25.3 Å². The quantitative estimate of drug-likeness (QED) is 0.741. The molecule has 0 aliphatic carbocycles. The number of piperidine rings is 1. The van der Waals surface area contributed by atoms with E-state index in [0.29, 0.717) is 30.2 Å². The molecule has 0 radical (unpaired) electrons. The number of nitrogens with two attached hydrogens (primary N) is 1. The van der Waals surface area contributed by atoms with Gasteiger partial charge >= 0.3 is 0 Å². The van der Waals surface area contributed by atoms with Crippen molar-refractivity contribution in [2.75, 3.05) is 19.6 Å². The minimum Gasteiger partial charge on any atom is -0.508 e. The molecule has 2 heterocycles. The number of hydrogen-bond donors (Lipinski definition) is 3. The van der Waals surface area contributed by atoms with Crippen LogP contribution in [-0.4, -0.2) is 41.5 Å². The van der Waals surface area contributed by atoms with Crippen LogP contribution >= 0.6 is 23.2 Å². The monoisotopic (exact) mass is 385 g/mol. The van der Waals surface area contributed by atoms with E-state index in [4.69, 9.17) is 28.9 Å². The molecule has 1 aromatic carbocycles. The molecule has 2 atom stereocenters. The van der Waals surface area contributed by atoms with E-state index < -0.39 is 0 Å². The molecular formula is C17H21Cl2N3O3. The third-order valence-electron chi connectivity index (χ3n) is 5.11. The van der Waals surface area contributed by atoms with Crippen LogP contribution in [0.1, 0.15) is 30.9 Å². The van der Waals surface area contributed by atoms with Gasteiger partial charge in [-0.15, -0.1) is 0 Å². The lowest BCUT2D eigenvalue weighted by Gasteiger charge is -2.36.